The van der Waals surface area contributed by atoms with E-state index in [1.54, 1.807) is 24.3 Å². The van der Waals surface area contributed by atoms with Crippen molar-refractivity contribution in [3.8, 4) is 0 Å². The molecule has 2 aromatic rings. The third-order valence-corrected chi connectivity index (χ3v) is 6.16. The second-order valence-electron chi connectivity index (χ2n) is 8.46. The molecule has 2 aliphatic rings. The number of benzene rings is 2. The van der Waals surface area contributed by atoms with E-state index >= 15 is 0 Å². The summed E-state index contributed by atoms with van der Waals surface area (Å²) in [6, 6.07) is 14.8. The number of urea groups is 1. The Hall–Kier alpha value is -2.86. The Balaban J connectivity index is 1.26. The van der Waals surface area contributed by atoms with E-state index in [0.717, 1.165) is 19.4 Å². The van der Waals surface area contributed by atoms with Gasteiger partial charge in [-0.15, -0.1) is 0 Å². The van der Waals surface area contributed by atoms with E-state index in [-0.39, 0.29) is 18.0 Å². The Kier molecular flexibility index (Phi) is 7.20. The Morgan fingerprint density at radius 3 is 2.13 bits per heavy atom. The van der Waals surface area contributed by atoms with Gasteiger partial charge in [-0.3, -0.25) is 4.79 Å². The third kappa shape index (κ3) is 6.07. The number of carbonyl (C=O) groups excluding carboxylic acids is 2. The van der Waals surface area contributed by atoms with Gasteiger partial charge in [0.15, 0.2) is 0 Å². The molecule has 31 heavy (non-hydrogen) atoms. The molecular weight excluding hydrogens is 390 g/mol. The van der Waals surface area contributed by atoms with Gasteiger partial charge in [-0.2, -0.15) is 0 Å². The molecule has 1 saturated heterocycles. The van der Waals surface area contributed by atoms with Crippen LogP contribution in [0.1, 0.15) is 66.8 Å². The number of nitrogens with one attached hydrogen (secondary N) is 3. The molecule has 0 bridgehead atoms. The summed E-state index contributed by atoms with van der Waals surface area (Å²) >= 11 is 0. The molecule has 0 radical (unpaired) electrons. The second-order valence-corrected chi connectivity index (χ2v) is 8.46. The molecule has 1 atom stereocenters. The van der Waals surface area contributed by atoms with Gasteiger partial charge in [0.1, 0.15) is 0 Å². The van der Waals surface area contributed by atoms with Gasteiger partial charge in [-0.1, -0.05) is 31.4 Å². The highest BCUT2D eigenvalue weighted by molar-refractivity contribution is 6.04. The zero-order chi connectivity index (χ0) is 21.5. The normalized spacial score (nSPS) is 19.0. The number of anilines is 2. The molecule has 1 heterocycles. The van der Waals surface area contributed by atoms with Gasteiger partial charge < -0.3 is 20.7 Å². The molecular formula is C25H31N3O3. The molecule has 6 heteroatoms. The van der Waals surface area contributed by atoms with Crippen LogP contribution in [0.3, 0.4) is 0 Å². The number of ether oxygens (including phenoxy) is 1. The van der Waals surface area contributed by atoms with Crippen molar-refractivity contribution in [2.75, 3.05) is 23.8 Å². The highest BCUT2D eigenvalue weighted by Crippen LogP contribution is 2.32. The first-order valence-corrected chi connectivity index (χ1v) is 11.4. The molecule has 2 aromatic carbocycles. The van der Waals surface area contributed by atoms with Crippen molar-refractivity contribution in [2.24, 2.45) is 0 Å². The van der Waals surface area contributed by atoms with Crippen LogP contribution in [0.2, 0.25) is 0 Å². The van der Waals surface area contributed by atoms with Crippen LogP contribution in [-0.2, 0) is 4.74 Å². The molecule has 2 fully saturated rings. The molecule has 1 aliphatic heterocycles. The summed E-state index contributed by atoms with van der Waals surface area (Å²) in [5.41, 5.74) is 3.34. The van der Waals surface area contributed by atoms with Crippen molar-refractivity contribution in [3.05, 3.63) is 59.7 Å². The first kappa shape index (κ1) is 21.4. The topological polar surface area (TPSA) is 79.5 Å². The molecule has 1 saturated carbocycles. The molecule has 3 N–H and O–H groups in total. The van der Waals surface area contributed by atoms with Crippen molar-refractivity contribution in [1.82, 2.24) is 5.32 Å². The summed E-state index contributed by atoms with van der Waals surface area (Å²) in [6.07, 6.45) is 8.58. The lowest BCUT2D eigenvalue weighted by Crippen LogP contribution is -2.35. The average molecular weight is 422 g/mol. The minimum Gasteiger partial charge on any atom is -0.376 e. The quantitative estimate of drug-likeness (QED) is 0.593. The van der Waals surface area contributed by atoms with Gasteiger partial charge in [0.25, 0.3) is 5.91 Å². The monoisotopic (exact) mass is 421 g/mol. The van der Waals surface area contributed by atoms with Gasteiger partial charge in [0.05, 0.1) is 6.10 Å². The minimum atomic E-state index is -0.259. The molecule has 6 nitrogen and oxygen atoms in total. The minimum absolute atomic E-state index is 0.111. The maximum atomic E-state index is 12.6. The van der Waals surface area contributed by atoms with Crippen LogP contribution in [0.25, 0.3) is 0 Å². The maximum absolute atomic E-state index is 12.6. The van der Waals surface area contributed by atoms with Crippen molar-refractivity contribution >= 4 is 23.3 Å². The maximum Gasteiger partial charge on any atom is 0.319 e. The molecule has 164 valence electrons. The molecule has 0 unspecified atom stereocenters. The van der Waals surface area contributed by atoms with E-state index in [1.807, 2.05) is 12.1 Å². The van der Waals surface area contributed by atoms with Gasteiger partial charge in [-0.05, 0) is 73.6 Å². The number of carbonyl (C=O) groups is 2. The van der Waals surface area contributed by atoms with E-state index < -0.39 is 0 Å². The smallest absolute Gasteiger partial charge is 0.319 e. The van der Waals surface area contributed by atoms with E-state index in [0.29, 0.717) is 29.4 Å². The van der Waals surface area contributed by atoms with Gasteiger partial charge in [-0.25, -0.2) is 4.79 Å². The van der Waals surface area contributed by atoms with Crippen LogP contribution < -0.4 is 16.0 Å². The highest BCUT2D eigenvalue weighted by atomic mass is 16.5. The van der Waals surface area contributed by atoms with Crippen molar-refractivity contribution in [1.29, 1.82) is 0 Å². The Bertz CT molecular complexity index is 868. The average Bonchev–Trinajstić information content (AvgIpc) is 3.33. The Morgan fingerprint density at radius 1 is 0.806 bits per heavy atom. The third-order valence-electron chi connectivity index (χ3n) is 6.16. The highest BCUT2D eigenvalue weighted by Gasteiger charge is 2.17. The lowest BCUT2D eigenvalue weighted by molar-refractivity contribution is 0.102. The number of hydrogen-bond donors (Lipinski definition) is 3. The van der Waals surface area contributed by atoms with Gasteiger partial charge >= 0.3 is 6.03 Å². The number of hydrogen-bond acceptors (Lipinski definition) is 3. The van der Waals surface area contributed by atoms with Crippen LogP contribution in [0.5, 0.6) is 0 Å². The predicted octanol–water partition coefficient (Wildman–Crippen LogP) is 5.29. The fourth-order valence-electron chi connectivity index (χ4n) is 4.37. The van der Waals surface area contributed by atoms with Crippen LogP contribution in [0.15, 0.2) is 48.5 Å². The lowest BCUT2D eigenvalue weighted by Gasteiger charge is -2.22. The summed E-state index contributed by atoms with van der Waals surface area (Å²) in [6.45, 7) is 1.28. The van der Waals surface area contributed by atoms with Crippen LogP contribution in [0.4, 0.5) is 16.2 Å². The zero-order valence-corrected chi connectivity index (χ0v) is 17.9. The fourth-order valence-corrected chi connectivity index (χ4v) is 4.37. The Morgan fingerprint density at radius 2 is 1.48 bits per heavy atom. The van der Waals surface area contributed by atoms with E-state index in [9.17, 15) is 9.59 Å². The van der Waals surface area contributed by atoms with Crippen LogP contribution in [0, 0.1) is 0 Å². The number of rotatable bonds is 6. The predicted molar refractivity (Wildman–Crippen MR) is 123 cm³/mol. The summed E-state index contributed by atoms with van der Waals surface area (Å²) in [5, 5.41) is 8.54. The van der Waals surface area contributed by atoms with E-state index in [2.05, 4.69) is 28.1 Å². The van der Waals surface area contributed by atoms with Crippen molar-refractivity contribution in [2.45, 2.75) is 57.0 Å². The van der Waals surface area contributed by atoms with E-state index in [1.165, 1.54) is 37.7 Å². The second kappa shape index (κ2) is 10.4. The lowest BCUT2D eigenvalue weighted by atomic mass is 9.84. The van der Waals surface area contributed by atoms with Gasteiger partial charge in [0.2, 0.25) is 0 Å². The molecule has 1 aliphatic carbocycles. The molecule has 0 spiro atoms. The largest absolute Gasteiger partial charge is 0.376 e. The van der Waals surface area contributed by atoms with E-state index in [4.69, 9.17) is 4.74 Å². The van der Waals surface area contributed by atoms with Crippen molar-refractivity contribution < 1.29 is 14.3 Å². The Labute approximate surface area is 183 Å². The molecule has 4 rings (SSSR count). The zero-order valence-electron chi connectivity index (χ0n) is 17.9. The SMILES string of the molecule is O=C(NC[C@H]1CCCO1)Nc1ccc(NC(=O)c2ccc(C3CCCCC3)cc2)cc1. The van der Waals surface area contributed by atoms with Crippen LogP contribution in [-0.4, -0.2) is 31.2 Å². The summed E-state index contributed by atoms with van der Waals surface area (Å²) < 4.78 is 5.50. The standard InChI is InChI=1S/C25H31N3O3/c29-24(20-10-8-19(9-11-20)18-5-2-1-3-6-18)27-21-12-14-22(15-13-21)28-25(30)26-17-23-7-4-16-31-23/h8-15,18,23H,1-7,16-17H2,(H,27,29)(H2,26,28,30)/t23-/m1/s1. The summed E-state index contributed by atoms with van der Waals surface area (Å²) in [4.78, 5) is 24.6. The van der Waals surface area contributed by atoms with Gasteiger partial charge in [0, 0.05) is 30.1 Å². The van der Waals surface area contributed by atoms with Crippen LogP contribution >= 0.6 is 0 Å². The number of amides is 3. The fraction of sp³-hybridized carbons (Fsp3) is 0.440. The first-order valence-electron chi connectivity index (χ1n) is 11.4. The molecule has 0 aromatic heterocycles. The van der Waals surface area contributed by atoms with Crippen molar-refractivity contribution in [3.63, 3.8) is 0 Å². The first-order chi connectivity index (χ1) is 15.2. The summed E-state index contributed by atoms with van der Waals surface area (Å²) in [7, 11) is 0. The summed E-state index contributed by atoms with van der Waals surface area (Å²) in [5.74, 6) is 0.499. The molecule has 3 amide bonds.